The highest BCUT2D eigenvalue weighted by atomic mass is 15.2. The van der Waals surface area contributed by atoms with E-state index in [0.29, 0.717) is 0 Å². The predicted octanol–water partition coefficient (Wildman–Crippen LogP) is 1.00. The van der Waals surface area contributed by atoms with Gasteiger partial charge in [-0.1, -0.05) is 0 Å². The van der Waals surface area contributed by atoms with Gasteiger partial charge < -0.3 is 15.2 Å². The van der Waals surface area contributed by atoms with Crippen molar-refractivity contribution in [3.63, 3.8) is 0 Å². The van der Waals surface area contributed by atoms with Crippen LogP contribution < -0.4 is 10.2 Å². The van der Waals surface area contributed by atoms with Crippen LogP contribution in [0.15, 0.2) is 18.6 Å². The minimum absolute atomic E-state index is 0.780. The summed E-state index contributed by atoms with van der Waals surface area (Å²) >= 11 is 0. The Bertz CT molecular complexity index is 563. The molecule has 18 heavy (non-hydrogen) atoms. The number of nitrogens with one attached hydrogen (secondary N) is 2. The van der Waals surface area contributed by atoms with E-state index in [1.54, 1.807) is 6.33 Å². The highest BCUT2D eigenvalue weighted by Crippen LogP contribution is 2.31. The van der Waals surface area contributed by atoms with E-state index in [2.05, 4.69) is 31.2 Å². The van der Waals surface area contributed by atoms with Gasteiger partial charge in [0.1, 0.15) is 17.8 Å². The smallest absolute Gasteiger partial charge is 0.142 e. The fourth-order valence-electron chi connectivity index (χ4n) is 3.34. The zero-order valence-corrected chi connectivity index (χ0v) is 10.3. The Kier molecular flexibility index (Phi) is 2.26. The van der Waals surface area contributed by atoms with Gasteiger partial charge in [-0.15, -0.1) is 0 Å². The van der Waals surface area contributed by atoms with Gasteiger partial charge in [-0.3, -0.25) is 0 Å². The van der Waals surface area contributed by atoms with Gasteiger partial charge in [0.2, 0.25) is 0 Å². The summed E-state index contributed by atoms with van der Waals surface area (Å²) in [4.78, 5) is 14.3. The molecular formula is C13H17N5. The summed E-state index contributed by atoms with van der Waals surface area (Å²) in [7, 11) is 0. The molecule has 0 radical (unpaired) electrons. The standard InChI is InChI=1S/C13H17N5/c1-3-15-12-11(1)13(17-8-16-12)18-4-2-9-5-14-6-10(9)7-18/h1,3,8-10,14H,2,4-7H2,(H,15,16,17)/t9-,10-/m1/s1. The van der Waals surface area contributed by atoms with Gasteiger partial charge in [-0.05, 0) is 37.4 Å². The van der Waals surface area contributed by atoms with E-state index in [0.717, 1.165) is 48.3 Å². The van der Waals surface area contributed by atoms with Crippen LogP contribution in [0, 0.1) is 11.8 Å². The normalized spacial score (nSPS) is 27.7. The molecule has 94 valence electrons. The first-order chi connectivity index (χ1) is 8.92. The number of H-pyrrole nitrogens is 1. The highest BCUT2D eigenvalue weighted by molar-refractivity contribution is 5.87. The summed E-state index contributed by atoms with van der Waals surface area (Å²) < 4.78 is 0. The van der Waals surface area contributed by atoms with Crippen LogP contribution in [0.3, 0.4) is 0 Å². The van der Waals surface area contributed by atoms with Crippen LogP contribution in [-0.4, -0.2) is 41.1 Å². The van der Waals surface area contributed by atoms with Crippen molar-refractivity contribution in [2.24, 2.45) is 11.8 Å². The number of anilines is 1. The Labute approximate surface area is 106 Å². The Morgan fingerprint density at radius 2 is 2.17 bits per heavy atom. The molecule has 2 N–H and O–H groups in total. The van der Waals surface area contributed by atoms with Crippen molar-refractivity contribution in [3.05, 3.63) is 18.6 Å². The van der Waals surface area contributed by atoms with E-state index >= 15 is 0 Å². The van der Waals surface area contributed by atoms with E-state index in [4.69, 9.17) is 0 Å². The molecule has 4 rings (SSSR count). The Morgan fingerprint density at radius 3 is 3.17 bits per heavy atom. The number of hydrogen-bond acceptors (Lipinski definition) is 4. The molecule has 4 heterocycles. The van der Waals surface area contributed by atoms with Crippen molar-refractivity contribution in [1.29, 1.82) is 0 Å². The lowest BCUT2D eigenvalue weighted by molar-refractivity contribution is 0.348. The second kappa shape index (κ2) is 3.95. The van der Waals surface area contributed by atoms with Gasteiger partial charge in [-0.2, -0.15) is 0 Å². The molecule has 0 amide bonds. The fraction of sp³-hybridized carbons (Fsp3) is 0.538. The van der Waals surface area contributed by atoms with E-state index < -0.39 is 0 Å². The Balaban J connectivity index is 1.68. The number of piperidine rings is 1. The van der Waals surface area contributed by atoms with Crippen LogP contribution >= 0.6 is 0 Å². The summed E-state index contributed by atoms with van der Waals surface area (Å²) in [6.45, 7) is 4.58. The van der Waals surface area contributed by atoms with Crippen molar-refractivity contribution in [3.8, 4) is 0 Å². The molecule has 2 aliphatic rings. The molecule has 2 atom stereocenters. The largest absolute Gasteiger partial charge is 0.356 e. The lowest BCUT2D eigenvalue weighted by Gasteiger charge is -2.35. The van der Waals surface area contributed by atoms with Crippen LogP contribution in [0.4, 0.5) is 5.82 Å². The second-order valence-corrected chi connectivity index (χ2v) is 5.35. The first-order valence-electron chi connectivity index (χ1n) is 6.65. The molecule has 0 saturated carbocycles. The molecule has 0 spiro atoms. The van der Waals surface area contributed by atoms with Gasteiger partial charge in [0.15, 0.2) is 0 Å². The van der Waals surface area contributed by atoms with Crippen LogP contribution in [0.1, 0.15) is 6.42 Å². The van der Waals surface area contributed by atoms with Crippen molar-refractivity contribution in [2.45, 2.75) is 6.42 Å². The van der Waals surface area contributed by atoms with Crippen molar-refractivity contribution < 1.29 is 0 Å². The zero-order chi connectivity index (χ0) is 11.9. The van der Waals surface area contributed by atoms with Gasteiger partial charge in [-0.25, -0.2) is 9.97 Å². The SMILES string of the molecule is c1nc(N2CC[C@@H]3CNC[C@@H]3C2)c2cc[nH]c2n1. The first-order valence-corrected chi connectivity index (χ1v) is 6.65. The fourth-order valence-corrected chi connectivity index (χ4v) is 3.34. The molecule has 2 saturated heterocycles. The second-order valence-electron chi connectivity index (χ2n) is 5.35. The van der Waals surface area contributed by atoms with Crippen molar-refractivity contribution >= 4 is 16.9 Å². The minimum atomic E-state index is 0.780. The molecule has 2 aromatic heterocycles. The summed E-state index contributed by atoms with van der Waals surface area (Å²) in [6, 6.07) is 2.07. The van der Waals surface area contributed by atoms with Crippen LogP contribution in [-0.2, 0) is 0 Å². The molecule has 5 nitrogen and oxygen atoms in total. The van der Waals surface area contributed by atoms with Crippen LogP contribution in [0.25, 0.3) is 11.0 Å². The maximum Gasteiger partial charge on any atom is 0.142 e. The van der Waals surface area contributed by atoms with Crippen LogP contribution in [0.5, 0.6) is 0 Å². The first kappa shape index (κ1) is 10.3. The number of hydrogen-bond donors (Lipinski definition) is 2. The number of aromatic amines is 1. The molecule has 0 unspecified atom stereocenters. The molecule has 0 aliphatic carbocycles. The Morgan fingerprint density at radius 1 is 1.22 bits per heavy atom. The van der Waals surface area contributed by atoms with Crippen molar-refractivity contribution in [2.75, 3.05) is 31.1 Å². The summed E-state index contributed by atoms with van der Waals surface area (Å²) in [6.07, 6.45) is 4.87. The molecule has 2 aromatic rings. The maximum atomic E-state index is 4.49. The van der Waals surface area contributed by atoms with E-state index in [1.165, 1.54) is 13.0 Å². The number of nitrogens with zero attached hydrogens (tertiary/aromatic N) is 3. The highest BCUT2D eigenvalue weighted by Gasteiger charge is 2.33. The summed E-state index contributed by atoms with van der Waals surface area (Å²) in [5, 5.41) is 4.64. The number of rotatable bonds is 1. The topological polar surface area (TPSA) is 56.8 Å². The predicted molar refractivity (Wildman–Crippen MR) is 70.6 cm³/mol. The third-order valence-corrected chi connectivity index (χ3v) is 4.34. The van der Waals surface area contributed by atoms with Crippen LogP contribution in [0.2, 0.25) is 0 Å². The molecule has 2 fully saturated rings. The third kappa shape index (κ3) is 1.50. The van der Waals surface area contributed by atoms with E-state index in [1.807, 2.05) is 6.20 Å². The van der Waals surface area contributed by atoms with Gasteiger partial charge in [0, 0.05) is 19.3 Å². The van der Waals surface area contributed by atoms with Gasteiger partial charge in [0.25, 0.3) is 0 Å². The minimum Gasteiger partial charge on any atom is -0.356 e. The average Bonchev–Trinajstić information content (AvgIpc) is 3.05. The van der Waals surface area contributed by atoms with E-state index in [9.17, 15) is 0 Å². The van der Waals surface area contributed by atoms with Gasteiger partial charge >= 0.3 is 0 Å². The summed E-state index contributed by atoms with van der Waals surface area (Å²) in [5.41, 5.74) is 0.937. The average molecular weight is 243 g/mol. The summed E-state index contributed by atoms with van der Waals surface area (Å²) in [5.74, 6) is 2.74. The quantitative estimate of drug-likeness (QED) is 0.784. The monoisotopic (exact) mass is 243 g/mol. The van der Waals surface area contributed by atoms with E-state index in [-0.39, 0.29) is 0 Å². The van der Waals surface area contributed by atoms with Gasteiger partial charge in [0.05, 0.1) is 5.39 Å². The molecule has 5 heteroatoms. The lowest BCUT2D eigenvalue weighted by atomic mass is 9.88. The molecule has 0 bridgehead atoms. The zero-order valence-electron chi connectivity index (χ0n) is 10.3. The number of fused-ring (bicyclic) bond motifs is 2. The van der Waals surface area contributed by atoms with Crippen molar-refractivity contribution in [1.82, 2.24) is 20.3 Å². The third-order valence-electron chi connectivity index (χ3n) is 4.34. The number of aromatic nitrogens is 3. The molecule has 2 aliphatic heterocycles. The molecular weight excluding hydrogens is 226 g/mol. The molecule has 0 aromatic carbocycles. The lowest BCUT2D eigenvalue weighted by Crippen LogP contribution is -2.40. The Hall–Kier alpha value is -1.62. The maximum absolute atomic E-state index is 4.49.